The van der Waals surface area contributed by atoms with Gasteiger partial charge < -0.3 is 4.74 Å². The molecular formula is C29H32N2O2. The Hall–Kier alpha value is -3.42. The molecule has 4 heteroatoms. The summed E-state index contributed by atoms with van der Waals surface area (Å²) in [6, 6.07) is 32.0. The van der Waals surface area contributed by atoms with Crippen LogP contribution in [0.15, 0.2) is 91.0 Å². The number of hydrogen-bond acceptors (Lipinski definition) is 4. The quantitative estimate of drug-likeness (QED) is 0.392. The lowest BCUT2D eigenvalue weighted by Crippen LogP contribution is -2.39. The van der Waals surface area contributed by atoms with Gasteiger partial charge in [0, 0.05) is 5.92 Å². The Morgan fingerprint density at radius 1 is 0.879 bits per heavy atom. The second-order valence-electron chi connectivity index (χ2n) is 8.74. The zero-order valence-corrected chi connectivity index (χ0v) is 19.6. The number of nitriles is 1. The summed E-state index contributed by atoms with van der Waals surface area (Å²) in [5.41, 5.74) is 2.41. The summed E-state index contributed by atoms with van der Waals surface area (Å²) in [4.78, 5) is 12.9. The third kappa shape index (κ3) is 6.09. The van der Waals surface area contributed by atoms with Crippen LogP contribution in [0.4, 0.5) is 0 Å². The highest BCUT2D eigenvalue weighted by Crippen LogP contribution is 2.40. The van der Waals surface area contributed by atoms with Crippen LogP contribution in [0.2, 0.25) is 0 Å². The lowest BCUT2D eigenvalue weighted by atomic mass is 9.71. The molecule has 0 bridgehead atoms. The maximum atomic E-state index is 12.9. The fourth-order valence-corrected chi connectivity index (χ4v) is 4.26. The summed E-state index contributed by atoms with van der Waals surface area (Å²) in [6.45, 7) is 5.95. The molecule has 33 heavy (non-hydrogen) atoms. The summed E-state index contributed by atoms with van der Waals surface area (Å²) in [5.74, 6) is -0.444. The second kappa shape index (κ2) is 11.4. The summed E-state index contributed by atoms with van der Waals surface area (Å²) >= 11 is 0. The number of benzene rings is 3. The first-order chi connectivity index (χ1) is 16.0. The smallest absolute Gasteiger partial charge is 0.312 e. The first-order valence-corrected chi connectivity index (χ1v) is 11.4. The Morgan fingerprint density at radius 2 is 1.33 bits per heavy atom. The number of hydrogen-bond donors (Lipinski definition) is 1. The number of carbonyl (C=O) groups excluding carboxylic acids is 1. The first kappa shape index (κ1) is 24.2. The summed E-state index contributed by atoms with van der Waals surface area (Å²) < 4.78 is 5.40. The van der Waals surface area contributed by atoms with Gasteiger partial charge in [0.1, 0.15) is 0 Å². The van der Waals surface area contributed by atoms with Crippen LogP contribution in [0.1, 0.15) is 55.8 Å². The van der Waals surface area contributed by atoms with Crippen molar-refractivity contribution in [1.82, 2.24) is 5.32 Å². The fourth-order valence-electron chi connectivity index (χ4n) is 4.26. The predicted octanol–water partition coefficient (Wildman–Crippen LogP) is 6.02. The molecule has 3 rings (SSSR count). The minimum Gasteiger partial charge on any atom is -0.466 e. The van der Waals surface area contributed by atoms with Crippen molar-refractivity contribution in [3.05, 3.63) is 108 Å². The van der Waals surface area contributed by atoms with Crippen LogP contribution in [-0.4, -0.2) is 18.6 Å². The van der Waals surface area contributed by atoms with Gasteiger partial charge in [-0.15, -0.1) is 0 Å². The average Bonchev–Trinajstić information content (AvgIpc) is 2.86. The van der Waals surface area contributed by atoms with Crippen molar-refractivity contribution >= 4 is 5.97 Å². The molecule has 0 aromatic heterocycles. The zero-order valence-electron chi connectivity index (χ0n) is 19.6. The van der Waals surface area contributed by atoms with E-state index in [1.807, 2.05) is 87.5 Å². The van der Waals surface area contributed by atoms with Crippen LogP contribution in [0.25, 0.3) is 0 Å². The molecule has 0 amide bonds. The maximum absolute atomic E-state index is 12.9. The Bertz CT molecular complexity index is 1000. The van der Waals surface area contributed by atoms with E-state index in [1.165, 1.54) is 0 Å². The Labute approximate surface area is 197 Å². The van der Waals surface area contributed by atoms with Gasteiger partial charge in [0.2, 0.25) is 0 Å². The molecule has 0 aliphatic heterocycles. The van der Waals surface area contributed by atoms with Gasteiger partial charge in [-0.2, -0.15) is 5.26 Å². The fraction of sp³-hybridized carbons (Fsp3) is 0.310. The largest absolute Gasteiger partial charge is 0.466 e. The van der Waals surface area contributed by atoms with Crippen LogP contribution in [0.5, 0.6) is 0 Å². The second-order valence-corrected chi connectivity index (χ2v) is 8.74. The minimum atomic E-state index is -0.789. The summed E-state index contributed by atoms with van der Waals surface area (Å²) in [5, 5.41) is 13.7. The van der Waals surface area contributed by atoms with Crippen LogP contribution in [0, 0.1) is 16.7 Å². The van der Waals surface area contributed by atoms with Gasteiger partial charge in [-0.1, -0.05) is 91.0 Å². The van der Waals surface area contributed by atoms with E-state index in [1.54, 1.807) is 0 Å². The number of carbonyl (C=O) groups is 1. The van der Waals surface area contributed by atoms with Gasteiger partial charge in [0.25, 0.3) is 0 Å². The topological polar surface area (TPSA) is 62.1 Å². The lowest BCUT2D eigenvalue weighted by molar-refractivity contribution is -0.155. The van der Waals surface area contributed by atoms with E-state index in [-0.39, 0.29) is 17.9 Å². The van der Waals surface area contributed by atoms with Crippen molar-refractivity contribution in [3.8, 4) is 6.07 Å². The Kier molecular flexibility index (Phi) is 8.40. The Morgan fingerprint density at radius 3 is 1.76 bits per heavy atom. The molecule has 3 aromatic rings. The van der Waals surface area contributed by atoms with Gasteiger partial charge >= 0.3 is 5.97 Å². The molecule has 170 valence electrons. The highest BCUT2D eigenvalue weighted by atomic mass is 16.5. The highest BCUT2D eigenvalue weighted by Gasteiger charge is 2.40. The third-order valence-corrected chi connectivity index (χ3v) is 6.14. The van der Waals surface area contributed by atoms with Crippen molar-refractivity contribution in [2.24, 2.45) is 5.41 Å². The van der Waals surface area contributed by atoms with Gasteiger partial charge in [0.15, 0.2) is 0 Å². The third-order valence-electron chi connectivity index (χ3n) is 6.14. The van der Waals surface area contributed by atoms with Crippen LogP contribution in [0.3, 0.4) is 0 Å². The monoisotopic (exact) mass is 440 g/mol. The van der Waals surface area contributed by atoms with E-state index < -0.39 is 11.5 Å². The molecule has 0 radical (unpaired) electrons. The number of rotatable bonds is 10. The molecule has 0 aliphatic rings. The van der Waals surface area contributed by atoms with Gasteiger partial charge in [-0.25, -0.2) is 0 Å². The number of esters is 1. The van der Waals surface area contributed by atoms with Gasteiger partial charge in [0.05, 0.1) is 30.2 Å². The molecule has 1 N–H and O–H groups in total. The maximum Gasteiger partial charge on any atom is 0.312 e. The lowest BCUT2D eigenvalue weighted by Gasteiger charge is -2.35. The van der Waals surface area contributed by atoms with Gasteiger partial charge in [-0.3, -0.25) is 10.1 Å². The normalized spacial score (nSPS) is 13.2. The Balaban J connectivity index is 1.93. The van der Waals surface area contributed by atoms with E-state index in [0.717, 1.165) is 16.7 Å². The SMILES string of the molecule is CCOC(=O)C(C)(C)C(CC(C#N)NC(c1ccccc1)c1ccccc1)c1ccccc1. The molecule has 0 saturated heterocycles. The molecule has 0 heterocycles. The number of nitrogens with zero attached hydrogens (tertiary/aromatic N) is 1. The highest BCUT2D eigenvalue weighted by molar-refractivity contribution is 5.77. The molecule has 0 spiro atoms. The van der Waals surface area contributed by atoms with Crippen molar-refractivity contribution in [2.75, 3.05) is 6.61 Å². The number of nitrogens with one attached hydrogen (secondary N) is 1. The first-order valence-electron chi connectivity index (χ1n) is 11.4. The van der Waals surface area contributed by atoms with Gasteiger partial charge in [-0.05, 0) is 43.9 Å². The standard InChI is InChI=1S/C29H32N2O2/c1-4-33-28(32)29(2,3)26(22-14-8-5-9-15-22)20-25(21-30)31-27(23-16-10-6-11-17-23)24-18-12-7-13-19-24/h5-19,25-27,31H,4,20H2,1-3H3. The molecule has 0 aliphatic carbocycles. The molecule has 0 saturated carbocycles. The van der Waals surface area contributed by atoms with E-state index in [9.17, 15) is 10.1 Å². The van der Waals surface area contributed by atoms with E-state index in [0.29, 0.717) is 13.0 Å². The molecular weight excluding hydrogens is 408 g/mol. The molecule has 2 atom stereocenters. The van der Waals surface area contributed by atoms with Crippen LogP contribution in [-0.2, 0) is 9.53 Å². The van der Waals surface area contributed by atoms with Crippen molar-refractivity contribution in [1.29, 1.82) is 5.26 Å². The minimum absolute atomic E-state index is 0.140. The predicted molar refractivity (Wildman–Crippen MR) is 131 cm³/mol. The van der Waals surface area contributed by atoms with Crippen molar-refractivity contribution < 1.29 is 9.53 Å². The summed E-state index contributed by atoms with van der Waals surface area (Å²) in [7, 11) is 0. The number of ether oxygens (including phenoxy) is 1. The van der Waals surface area contributed by atoms with Crippen molar-refractivity contribution in [3.63, 3.8) is 0 Å². The van der Waals surface area contributed by atoms with Crippen LogP contribution < -0.4 is 5.32 Å². The molecule has 0 fully saturated rings. The molecule has 2 unspecified atom stereocenters. The van der Waals surface area contributed by atoms with Crippen LogP contribution >= 0.6 is 0 Å². The van der Waals surface area contributed by atoms with E-state index in [2.05, 4.69) is 35.7 Å². The van der Waals surface area contributed by atoms with E-state index in [4.69, 9.17) is 4.74 Å². The summed E-state index contributed by atoms with van der Waals surface area (Å²) in [6.07, 6.45) is 0.475. The average molecular weight is 441 g/mol. The molecule has 3 aromatic carbocycles. The van der Waals surface area contributed by atoms with E-state index >= 15 is 0 Å². The van der Waals surface area contributed by atoms with Crippen molar-refractivity contribution in [2.45, 2.75) is 45.2 Å². The zero-order chi connectivity index (χ0) is 23.7. The molecule has 4 nitrogen and oxygen atoms in total.